The van der Waals surface area contributed by atoms with Crippen LogP contribution < -0.4 is 5.32 Å². The van der Waals surface area contributed by atoms with E-state index in [1.54, 1.807) is 24.3 Å². The van der Waals surface area contributed by atoms with Gasteiger partial charge in [-0.25, -0.2) is 8.42 Å². The van der Waals surface area contributed by atoms with Crippen LogP contribution in [-0.4, -0.2) is 26.8 Å². The summed E-state index contributed by atoms with van der Waals surface area (Å²) in [5.74, 6) is 0.0956. The van der Waals surface area contributed by atoms with E-state index < -0.39 is 9.84 Å². The van der Waals surface area contributed by atoms with Gasteiger partial charge in [-0.2, -0.15) is 0 Å². The summed E-state index contributed by atoms with van der Waals surface area (Å²) < 4.78 is 24.6. The van der Waals surface area contributed by atoms with Crippen molar-refractivity contribution in [3.05, 3.63) is 29.3 Å². The van der Waals surface area contributed by atoms with Crippen LogP contribution in [0.5, 0.6) is 0 Å². The minimum atomic E-state index is -3.33. The molecular weight excluding hydrogens is 270 g/mol. The summed E-state index contributed by atoms with van der Waals surface area (Å²) in [6, 6.07) is 6.58. The van der Waals surface area contributed by atoms with Gasteiger partial charge >= 0.3 is 0 Å². The molecule has 0 spiro atoms. The van der Waals surface area contributed by atoms with Gasteiger partial charge in [-0.1, -0.05) is 44.0 Å². The van der Waals surface area contributed by atoms with Gasteiger partial charge in [0.1, 0.15) is 0 Å². The molecule has 3 nitrogen and oxygen atoms in total. The van der Waals surface area contributed by atoms with Gasteiger partial charge in [-0.15, -0.1) is 0 Å². The number of benzene rings is 1. The summed E-state index contributed by atoms with van der Waals surface area (Å²) in [5, 5.41) is 3.50. The smallest absolute Gasteiger partial charge is 0.181 e. The van der Waals surface area contributed by atoms with Gasteiger partial charge in [0, 0.05) is 6.04 Å². The Kier molecular flexibility index (Phi) is 6.12. The minimum absolute atomic E-state index is 0.0127. The highest BCUT2D eigenvalue weighted by Crippen LogP contribution is 2.22. The molecule has 5 heteroatoms. The largest absolute Gasteiger partial charge is 0.313 e. The summed E-state index contributed by atoms with van der Waals surface area (Å²) in [5.41, 5.74) is 0. The average molecular weight is 290 g/mol. The maximum absolute atomic E-state index is 12.3. The zero-order chi connectivity index (χ0) is 13.6. The van der Waals surface area contributed by atoms with E-state index in [2.05, 4.69) is 5.32 Å². The fraction of sp³-hybridized carbons (Fsp3) is 0.538. The third kappa shape index (κ3) is 4.26. The first-order valence-electron chi connectivity index (χ1n) is 6.22. The molecule has 0 heterocycles. The highest BCUT2D eigenvalue weighted by atomic mass is 35.5. The van der Waals surface area contributed by atoms with Gasteiger partial charge in [-0.3, -0.25) is 0 Å². The molecular formula is C13H20ClNO2S. The molecule has 0 radical (unpaired) electrons. The Labute approximate surface area is 114 Å². The summed E-state index contributed by atoms with van der Waals surface area (Å²) in [4.78, 5) is 0.227. The lowest BCUT2D eigenvalue weighted by Gasteiger charge is -2.17. The number of halogens is 1. The van der Waals surface area contributed by atoms with Crippen LogP contribution in [-0.2, 0) is 9.84 Å². The standard InChI is InChI=1S/C13H20ClNO2S/c1-3-7-11(15-4-2)10-18(16,17)13-9-6-5-8-12(13)14/h5-6,8-9,11,15H,3-4,7,10H2,1-2H3. The summed E-state index contributed by atoms with van der Waals surface area (Å²) in [6.45, 7) is 4.79. The van der Waals surface area contributed by atoms with E-state index in [4.69, 9.17) is 11.6 Å². The predicted molar refractivity (Wildman–Crippen MR) is 75.9 cm³/mol. The highest BCUT2D eigenvalue weighted by Gasteiger charge is 2.22. The first kappa shape index (κ1) is 15.5. The zero-order valence-electron chi connectivity index (χ0n) is 10.8. The molecule has 0 aliphatic rings. The quantitative estimate of drug-likeness (QED) is 0.839. The third-order valence-corrected chi connectivity index (χ3v) is 5.03. The molecule has 18 heavy (non-hydrogen) atoms. The number of hydrogen-bond acceptors (Lipinski definition) is 3. The second kappa shape index (κ2) is 7.12. The molecule has 0 saturated heterocycles. The normalized spacial score (nSPS) is 13.5. The van der Waals surface area contributed by atoms with Gasteiger partial charge in [0.05, 0.1) is 15.7 Å². The van der Waals surface area contributed by atoms with Crippen LogP contribution in [0.3, 0.4) is 0 Å². The number of sulfone groups is 1. The van der Waals surface area contributed by atoms with Gasteiger partial charge in [0.2, 0.25) is 0 Å². The summed E-state index contributed by atoms with van der Waals surface area (Å²) in [7, 11) is -3.33. The van der Waals surface area contributed by atoms with Crippen molar-refractivity contribution >= 4 is 21.4 Å². The van der Waals surface area contributed by atoms with Gasteiger partial charge in [0.15, 0.2) is 9.84 Å². The fourth-order valence-electron chi connectivity index (χ4n) is 1.93. The number of rotatable bonds is 7. The Bertz CT molecular complexity index is 468. The Morgan fingerprint density at radius 3 is 2.50 bits per heavy atom. The first-order valence-corrected chi connectivity index (χ1v) is 8.25. The van der Waals surface area contributed by atoms with Crippen LogP contribution in [0.25, 0.3) is 0 Å². The van der Waals surface area contributed by atoms with E-state index >= 15 is 0 Å². The highest BCUT2D eigenvalue weighted by molar-refractivity contribution is 7.91. The lowest BCUT2D eigenvalue weighted by molar-refractivity contribution is 0.513. The third-order valence-electron chi connectivity index (χ3n) is 2.72. The van der Waals surface area contributed by atoms with E-state index in [9.17, 15) is 8.42 Å². The molecule has 0 amide bonds. The molecule has 1 aromatic rings. The van der Waals surface area contributed by atoms with E-state index in [-0.39, 0.29) is 16.7 Å². The fourth-order valence-corrected chi connectivity index (χ4v) is 4.07. The molecule has 102 valence electrons. The number of nitrogens with one attached hydrogen (secondary N) is 1. The van der Waals surface area contributed by atoms with Crippen molar-refractivity contribution in [1.29, 1.82) is 0 Å². The van der Waals surface area contributed by atoms with Crippen molar-refractivity contribution in [2.45, 2.75) is 37.6 Å². The molecule has 1 atom stereocenters. The van der Waals surface area contributed by atoms with Crippen LogP contribution >= 0.6 is 11.6 Å². The summed E-state index contributed by atoms with van der Waals surface area (Å²) in [6.07, 6.45) is 1.80. The van der Waals surface area contributed by atoms with E-state index in [0.29, 0.717) is 5.02 Å². The van der Waals surface area contributed by atoms with Crippen molar-refractivity contribution in [3.8, 4) is 0 Å². The lowest BCUT2D eigenvalue weighted by Crippen LogP contribution is -2.35. The van der Waals surface area contributed by atoms with Gasteiger partial charge in [0.25, 0.3) is 0 Å². The molecule has 0 aliphatic carbocycles. The Morgan fingerprint density at radius 1 is 1.28 bits per heavy atom. The van der Waals surface area contributed by atoms with Crippen LogP contribution in [0.1, 0.15) is 26.7 Å². The monoisotopic (exact) mass is 289 g/mol. The lowest BCUT2D eigenvalue weighted by atomic mass is 10.2. The average Bonchev–Trinajstić information content (AvgIpc) is 2.29. The molecule has 1 N–H and O–H groups in total. The zero-order valence-corrected chi connectivity index (χ0v) is 12.4. The number of hydrogen-bond donors (Lipinski definition) is 1. The van der Waals surface area contributed by atoms with Crippen molar-refractivity contribution in [1.82, 2.24) is 5.32 Å². The summed E-state index contributed by atoms with van der Waals surface area (Å²) >= 11 is 5.95. The van der Waals surface area contributed by atoms with Gasteiger partial charge < -0.3 is 5.32 Å². The molecule has 1 unspecified atom stereocenters. The Balaban J connectivity index is 2.90. The minimum Gasteiger partial charge on any atom is -0.313 e. The van der Waals surface area contributed by atoms with Crippen LogP contribution in [0.2, 0.25) is 5.02 Å². The molecule has 0 bridgehead atoms. The van der Waals surface area contributed by atoms with E-state index in [0.717, 1.165) is 19.4 Å². The maximum atomic E-state index is 12.3. The Hall–Kier alpha value is -0.580. The van der Waals surface area contributed by atoms with Crippen molar-refractivity contribution < 1.29 is 8.42 Å². The molecule has 1 rings (SSSR count). The van der Waals surface area contributed by atoms with Crippen LogP contribution in [0.4, 0.5) is 0 Å². The van der Waals surface area contributed by atoms with Gasteiger partial charge in [-0.05, 0) is 25.1 Å². The molecule has 0 saturated carbocycles. The molecule has 0 aromatic heterocycles. The van der Waals surface area contributed by atoms with Crippen molar-refractivity contribution in [2.75, 3.05) is 12.3 Å². The first-order chi connectivity index (χ1) is 8.51. The van der Waals surface area contributed by atoms with Crippen LogP contribution in [0.15, 0.2) is 29.2 Å². The predicted octanol–water partition coefficient (Wildman–Crippen LogP) is 2.89. The van der Waals surface area contributed by atoms with Crippen LogP contribution in [0, 0.1) is 0 Å². The topological polar surface area (TPSA) is 46.2 Å². The van der Waals surface area contributed by atoms with Crippen molar-refractivity contribution in [3.63, 3.8) is 0 Å². The van der Waals surface area contributed by atoms with E-state index in [1.807, 2.05) is 13.8 Å². The Morgan fingerprint density at radius 2 is 1.94 bits per heavy atom. The SMILES string of the molecule is CCCC(CS(=O)(=O)c1ccccc1Cl)NCC. The molecule has 1 aromatic carbocycles. The molecule has 0 aliphatic heterocycles. The van der Waals surface area contributed by atoms with E-state index in [1.165, 1.54) is 0 Å². The molecule has 0 fully saturated rings. The second-order valence-corrected chi connectivity index (χ2v) is 6.66. The maximum Gasteiger partial charge on any atom is 0.181 e. The van der Waals surface area contributed by atoms with Crippen molar-refractivity contribution in [2.24, 2.45) is 0 Å². The second-order valence-electron chi connectivity index (χ2n) is 4.26.